The second-order valence-corrected chi connectivity index (χ2v) is 6.79. The van der Waals surface area contributed by atoms with Crippen molar-refractivity contribution < 1.29 is 19.0 Å². The van der Waals surface area contributed by atoms with E-state index in [4.69, 9.17) is 4.74 Å². The average molecular weight is 334 g/mol. The predicted molar refractivity (Wildman–Crippen MR) is 89.2 cm³/mol. The molecule has 24 heavy (non-hydrogen) atoms. The normalized spacial score (nSPS) is 27.1. The first-order chi connectivity index (χ1) is 11.2. The van der Waals surface area contributed by atoms with E-state index < -0.39 is 17.4 Å². The van der Waals surface area contributed by atoms with E-state index in [0.717, 1.165) is 22.2 Å². The number of halogens is 1. The molecule has 2 aromatic rings. The number of fused-ring (bicyclic) bond motifs is 1. The summed E-state index contributed by atoms with van der Waals surface area (Å²) < 4.78 is 19.0. The van der Waals surface area contributed by atoms with Gasteiger partial charge in [0.05, 0.1) is 0 Å². The summed E-state index contributed by atoms with van der Waals surface area (Å²) in [5, 5.41) is 11.6. The molecule has 1 aromatic carbocycles. The third kappa shape index (κ3) is 2.36. The number of ether oxygens (including phenoxy) is 1. The van der Waals surface area contributed by atoms with Crippen molar-refractivity contribution in [2.75, 3.05) is 6.54 Å². The average Bonchev–Trinajstić information content (AvgIpc) is 2.90. The molecule has 5 nitrogen and oxygen atoms in total. The molecule has 3 rings (SSSR count). The Morgan fingerprint density at radius 3 is 2.71 bits per heavy atom. The molecule has 0 spiro atoms. The van der Waals surface area contributed by atoms with Gasteiger partial charge >= 0.3 is 6.09 Å². The number of benzene rings is 1. The summed E-state index contributed by atoms with van der Waals surface area (Å²) in [6.07, 6.45) is 0.493. The van der Waals surface area contributed by atoms with Gasteiger partial charge in [-0.05, 0) is 57.4 Å². The molecule has 2 atom stereocenters. The van der Waals surface area contributed by atoms with E-state index >= 15 is 0 Å². The number of nitrogens with one attached hydrogen (secondary N) is 1. The van der Waals surface area contributed by atoms with Crippen LogP contribution in [0.15, 0.2) is 18.2 Å². The van der Waals surface area contributed by atoms with Gasteiger partial charge in [0.15, 0.2) is 11.3 Å². The van der Waals surface area contributed by atoms with Crippen LogP contribution in [-0.4, -0.2) is 39.0 Å². The number of hydrogen-bond acceptors (Lipinski definition) is 3. The fraction of sp³-hybridized carbons (Fsp3) is 0.500. The smallest absolute Gasteiger partial charge is 0.412 e. The van der Waals surface area contributed by atoms with Gasteiger partial charge in [0.2, 0.25) is 0 Å². The fourth-order valence-electron chi connectivity index (χ4n) is 3.42. The van der Waals surface area contributed by atoms with Crippen LogP contribution in [0.5, 0.6) is 0 Å². The molecule has 0 radical (unpaired) electrons. The number of nitrogens with zero attached hydrogens (tertiary/aromatic N) is 1. The zero-order valence-electron chi connectivity index (χ0n) is 14.4. The lowest BCUT2D eigenvalue weighted by Gasteiger charge is -2.36. The Labute approximate surface area is 140 Å². The topological polar surface area (TPSA) is 65.6 Å². The minimum absolute atomic E-state index is 0.297. The van der Waals surface area contributed by atoms with Crippen molar-refractivity contribution >= 4 is 17.0 Å². The summed E-state index contributed by atoms with van der Waals surface area (Å²) in [5.41, 5.74) is 0.410. The number of rotatable bonds is 4. The first-order valence-electron chi connectivity index (χ1n) is 8.19. The molecular formula is C18H23FN2O3. The number of aromatic nitrogens is 1. The van der Waals surface area contributed by atoms with Crippen molar-refractivity contribution in [3.05, 3.63) is 35.3 Å². The van der Waals surface area contributed by atoms with E-state index in [0.29, 0.717) is 19.4 Å². The van der Waals surface area contributed by atoms with Crippen molar-refractivity contribution in [3.63, 3.8) is 0 Å². The molecule has 0 aliphatic carbocycles. The molecule has 2 heterocycles. The molecule has 1 aliphatic heterocycles. The second kappa shape index (κ2) is 5.48. The van der Waals surface area contributed by atoms with Crippen LogP contribution in [-0.2, 0) is 11.2 Å². The summed E-state index contributed by atoms with van der Waals surface area (Å²) in [5.74, 6) is -0.297. The Kier molecular flexibility index (Phi) is 3.83. The highest BCUT2D eigenvalue weighted by atomic mass is 19.1. The Hall–Kier alpha value is -2.08. The van der Waals surface area contributed by atoms with E-state index in [9.17, 15) is 14.3 Å². The monoisotopic (exact) mass is 334 g/mol. The summed E-state index contributed by atoms with van der Waals surface area (Å²) in [7, 11) is 0. The van der Waals surface area contributed by atoms with Crippen molar-refractivity contribution in [2.45, 2.75) is 51.9 Å². The molecule has 1 aliphatic rings. The summed E-state index contributed by atoms with van der Waals surface area (Å²) in [6, 6.07) is 4.61. The number of hydrogen-bond donors (Lipinski definition) is 2. The number of aryl methyl sites for hydroxylation is 1. The molecule has 0 saturated carbocycles. The third-order valence-corrected chi connectivity index (χ3v) is 5.40. The van der Waals surface area contributed by atoms with E-state index in [1.165, 1.54) is 17.0 Å². The Balaban J connectivity index is 1.88. The number of carbonyl (C=O) groups excluding carboxylic acids is 1. The Morgan fingerprint density at radius 2 is 2.08 bits per heavy atom. The third-order valence-electron chi connectivity index (χ3n) is 5.40. The van der Waals surface area contributed by atoms with Gasteiger partial charge < -0.3 is 14.8 Å². The van der Waals surface area contributed by atoms with Crippen molar-refractivity contribution in [1.82, 2.24) is 9.88 Å². The van der Waals surface area contributed by atoms with Gasteiger partial charge in [-0.2, -0.15) is 0 Å². The molecule has 1 fully saturated rings. The Morgan fingerprint density at radius 1 is 1.38 bits per heavy atom. The van der Waals surface area contributed by atoms with Gasteiger partial charge in [0, 0.05) is 23.1 Å². The van der Waals surface area contributed by atoms with Gasteiger partial charge in [-0.1, -0.05) is 6.92 Å². The van der Waals surface area contributed by atoms with Gasteiger partial charge in [-0.15, -0.1) is 0 Å². The zero-order valence-corrected chi connectivity index (χ0v) is 14.4. The highest BCUT2D eigenvalue weighted by molar-refractivity contribution is 5.84. The van der Waals surface area contributed by atoms with Crippen molar-refractivity contribution in [3.8, 4) is 0 Å². The number of amides is 1. The predicted octanol–water partition coefficient (Wildman–Crippen LogP) is 3.49. The lowest BCUT2D eigenvalue weighted by atomic mass is 9.90. The van der Waals surface area contributed by atoms with Crippen LogP contribution in [0.3, 0.4) is 0 Å². The quantitative estimate of drug-likeness (QED) is 0.899. The number of cyclic esters (lactones) is 1. The summed E-state index contributed by atoms with van der Waals surface area (Å²) >= 11 is 0. The van der Waals surface area contributed by atoms with E-state index in [-0.39, 0.29) is 5.82 Å². The molecule has 0 bridgehead atoms. The number of aliphatic hydroxyl groups is 1. The molecule has 1 saturated heterocycles. The molecule has 1 aromatic heterocycles. The summed E-state index contributed by atoms with van der Waals surface area (Å²) in [4.78, 5) is 16.8. The first kappa shape index (κ1) is 16.8. The van der Waals surface area contributed by atoms with E-state index in [1.54, 1.807) is 19.9 Å². The zero-order chi connectivity index (χ0) is 17.7. The van der Waals surface area contributed by atoms with Crippen LogP contribution < -0.4 is 0 Å². The SMILES string of the molecule is CC[C@]1(C)OC(=O)N(CCc2c(C)[nH]c3ccc(F)cc23)[C@@]1(C)O. The first-order valence-corrected chi connectivity index (χ1v) is 8.19. The largest absolute Gasteiger partial charge is 0.438 e. The number of aromatic amines is 1. The van der Waals surface area contributed by atoms with E-state index in [1.807, 2.05) is 13.8 Å². The number of H-pyrrole nitrogens is 1. The second-order valence-electron chi connectivity index (χ2n) is 6.79. The van der Waals surface area contributed by atoms with Gasteiger partial charge in [-0.3, -0.25) is 4.90 Å². The molecule has 130 valence electrons. The summed E-state index contributed by atoms with van der Waals surface area (Å²) in [6.45, 7) is 7.42. The minimum Gasteiger partial charge on any atom is -0.438 e. The number of carbonyl (C=O) groups is 1. The highest BCUT2D eigenvalue weighted by Gasteiger charge is 2.58. The standard InChI is InChI=1S/C18H23FN2O3/c1-5-17(3)18(4,23)21(16(22)24-17)9-8-13-11(2)20-15-7-6-12(19)10-14(13)15/h6-7,10,20,23H,5,8-9H2,1-4H3/t17-,18-/m0/s1. The van der Waals surface area contributed by atoms with Gasteiger partial charge in [0.25, 0.3) is 0 Å². The van der Waals surface area contributed by atoms with E-state index in [2.05, 4.69) is 4.98 Å². The van der Waals surface area contributed by atoms with Crippen molar-refractivity contribution in [2.24, 2.45) is 0 Å². The molecular weight excluding hydrogens is 311 g/mol. The van der Waals surface area contributed by atoms with Crippen LogP contribution in [0.2, 0.25) is 0 Å². The highest BCUT2D eigenvalue weighted by Crippen LogP contribution is 2.39. The van der Waals surface area contributed by atoms with Crippen LogP contribution >= 0.6 is 0 Å². The van der Waals surface area contributed by atoms with Crippen LogP contribution in [0.25, 0.3) is 10.9 Å². The molecule has 6 heteroatoms. The molecule has 1 amide bonds. The lowest BCUT2D eigenvalue weighted by molar-refractivity contribution is -0.137. The maximum absolute atomic E-state index is 13.6. The molecule has 2 N–H and O–H groups in total. The lowest BCUT2D eigenvalue weighted by Crippen LogP contribution is -2.55. The van der Waals surface area contributed by atoms with Crippen molar-refractivity contribution in [1.29, 1.82) is 0 Å². The Bertz CT molecular complexity index is 799. The maximum Gasteiger partial charge on any atom is 0.412 e. The van der Waals surface area contributed by atoms with Crippen LogP contribution in [0.4, 0.5) is 9.18 Å². The van der Waals surface area contributed by atoms with Gasteiger partial charge in [0.1, 0.15) is 5.82 Å². The van der Waals surface area contributed by atoms with Crippen LogP contribution in [0, 0.1) is 12.7 Å². The van der Waals surface area contributed by atoms with Gasteiger partial charge in [-0.25, -0.2) is 9.18 Å². The fourth-order valence-corrected chi connectivity index (χ4v) is 3.42. The minimum atomic E-state index is -1.38. The maximum atomic E-state index is 13.6. The van der Waals surface area contributed by atoms with Crippen LogP contribution in [0.1, 0.15) is 38.4 Å². The molecule has 0 unspecified atom stereocenters.